The van der Waals surface area contributed by atoms with Crippen molar-refractivity contribution in [2.75, 3.05) is 13.1 Å². The van der Waals surface area contributed by atoms with E-state index in [1.807, 2.05) is 11.9 Å². The highest BCUT2D eigenvalue weighted by Gasteiger charge is 2.01. The van der Waals surface area contributed by atoms with E-state index in [9.17, 15) is 0 Å². The first kappa shape index (κ1) is 10.6. The Labute approximate surface area is 85.3 Å². The minimum atomic E-state index is 1.10. The van der Waals surface area contributed by atoms with E-state index in [0.717, 1.165) is 13.1 Å². The second-order valence-electron chi connectivity index (χ2n) is 2.93. The van der Waals surface area contributed by atoms with Crippen molar-refractivity contribution < 1.29 is 0 Å². The third-order valence-corrected chi connectivity index (χ3v) is 2.99. The van der Waals surface area contributed by atoms with Crippen LogP contribution in [0.5, 0.6) is 0 Å². The minimum absolute atomic E-state index is 1.10. The van der Waals surface area contributed by atoms with Gasteiger partial charge in [0, 0.05) is 18.0 Å². The number of rotatable bonds is 5. The average molecular weight is 195 g/mol. The summed E-state index contributed by atoms with van der Waals surface area (Å²) in [5, 5.41) is 0. The topological polar surface area (TPSA) is 3.24 Å². The van der Waals surface area contributed by atoms with Crippen molar-refractivity contribution in [1.29, 1.82) is 0 Å². The van der Waals surface area contributed by atoms with Crippen LogP contribution in [-0.2, 0) is 0 Å². The van der Waals surface area contributed by atoms with Crippen LogP contribution in [0.15, 0.2) is 35.2 Å². The Hall–Kier alpha value is -0.470. The van der Waals surface area contributed by atoms with E-state index in [-0.39, 0.29) is 0 Å². The zero-order valence-corrected chi connectivity index (χ0v) is 9.18. The Balaban J connectivity index is 2.46. The van der Waals surface area contributed by atoms with E-state index in [2.05, 4.69) is 48.5 Å². The van der Waals surface area contributed by atoms with Crippen molar-refractivity contribution in [2.24, 2.45) is 0 Å². The van der Waals surface area contributed by atoms with Crippen LogP contribution in [0.25, 0.3) is 0 Å². The van der Waals surface area contributed by atoms with Crippen molar-refractivity contribution in [1.82, 2.24) is 4.31 Å². The van der Waals surface area contributed by atoms with Crippen LogP contribution in [0.1, 0.15) is 20.3 Å². The molecule has 72 valence electrons. The third kappa shape index (κ3) is 3.83. The van der Waals surface area contributed by atoms with Gasteiger partial charge < -0.3 is 0 Å². The molecule has 0 unspecified atom stereocenters. The van der Waals surface area contributed by atoms with Crippen LogP contribution in [-0.4, -0.2) is 17.4 Å². The molecule has 0 aromatic heterocycles. The van der Waals surface area contributed by atoms with E-state index in [1.165, 1.54) is 11.3 Å². The van der Waals surface area contributed by atoms with Crippen LogP contribution in [0.4, 0.5) is 0 Å². The van der Waals surface area contributed by atoms with Gasteiger partial charge in [-0.3, -0.25) is 0 Å². The van der Waals surface area contributed by atoms with Gasteiger partial charge in [-0.05, 0) is 30.5 Å². The Kier molecular flexibility index (Phi) is 4.94. The van der Waals surface area contributed by atoms with Crippen LogP contribution < -0.4 is 0 Å². The molecule has 0 radical (unpaired) electrons. The van der Waals surface area contributed by atoms with Gasteiger partial charge in [0.2, 0.25) is 0 Å². The van der Waals surface area contributed by atoms with E-state index in [0.29, 0.717) is 0 Å². The second-order valence-corrected chi connectivity index (χ2v) is 4.10. The van der Waals surface area contributed by atoms with Crippen molar-refractivity contribution >= 4 is 11.9 Å². The maximum atomic E-state index is 2.38. The molecule has 0 saturated heterocycles. The summed E-state index contributed by atoms with van der Waals surface area (Å²) in [4.78, 5) is 1.33. The zero-order chi connectivity index (χ0) is 9.52. The lowest BCUT2D eigenvalue weighted by molar-refractivity contribution is 0.493. The van der Waals surface area contributed by atoms with Crippen LogP contribution in [0.2, 0.25) is 0 Å². The van der Waals surface area contributed by atoms with Gasteiger partial charge in [0.05, 0.1) is 0 Å². The molecule has 0 aliphatic heterocycles. The Bertz CT molecular complexity index is 223. The molecule has 0 amide bonds. The summed E-state index contributed by atoms with van der Waals surface area (Å²) in [5.41, 5.74) is 0. The van der Waals surface area contributed by atoms with E-state index < -0.39 is 0 Å². The average Bonchev–Trinajstić information content (AvgIpc) is 2.19. The zero-order valence-electron chi connectivity index (χ0n) is 8.36. The molecule has 0 aliphatic carbocycles. The molecule has 1 rings (SSSR count). The first-order valence-corrected chi connectivity index (χ1v) is 5.62. The van der Waals surface area contributed by atoms with Crippen LogP contribution in [0.3, 0.4) is 0 Å². The predicted molar refractivity (Wildman–Crippen MR) is 59.8 cm³/mol. The molecule has 1 aromatic rings. The number of hydrogen-bond donors (Lipinski definition) is 0. The van der Waals surface area contributed by atoms with Gasteiger partial charge in [0.15, 0.2) is 0 Å². The molecule has 0 bridgehead atoms. The predicted octanol–water partition coefficient (Wildman–Crippen LogP) is 3.43. The first-order chi connectivity index (χ1) is 6.36. The molecule has 13 heavy (non-hydrogen) atoms. The van der Waals surface area contributed by atoms with Gasteiger partial charge in [-0.2, -0.15) is 0 Å². The van der Waals surface area contributed by atoms with Gasteiger partial charge in [-0.25, -0.2) is 4.31 Å². The highest BCUT2D eigenvalue weighted by atomic mass is 32.2. The monoisotopic (exact) mass is 195 g/mol. The summed E-state index contributed by atoms with van der Waals surface area (Å²) in [5.74, 6) is 0. The Morgan fingerprint density at radius 1 is 1.15 bits per heavy atom. The molecule has 2 heteroatoms. The number of hydrogen-bond acceptors (Lipinski definition) is 2. The third-order valence-electron chi connectivity index (χ3n) is 1.80. The summed E-state index contributed by atoms with van der Waals surface area (Å²) in [6, 6.07) is 10.5. The molecule has 0 heterocycles. The lowest BCUT2D eigenvalue weighted by atomic mass is 10.4. The van der Waals surface area contributed by atoms with Crippen LogP contribution >= 0.6 is 11.9 Å². The maximum absolute atomic E-state index is 2.38. The molecule has 0 N–H and O–H groups in total. The molecule has 0 aliphatic rings. The largest absolute Gasteiger partial charge is 0.247 e. The highest BCUT2D eigenvalue weighted by Crippen LogP contribution is 2.21. The van der Waals surface area contributed by atoms with E-state index in [4.69, 9.17) is 0 Å². The molecule has 0 atom stereocenters. The lowest BCUT2D eigenvalue weighted by Gasteiger charge is -2.17. The molecule has 0 saturated carbocycles. The Morgan fingerprint density at radius 2 is 1.85 bits per heavy atom. The standard InChI is InChI=1S/C11H17NS/c1-3-10-12(4-2)13-11-8-6-5-7-9-11/h5-9H,3-4,10H2,1-2H3. The molecule has 1 aromatic carbocycles. The summed E-state index contributed by atoms with van der Waals surface area (Å²) >= 11 is 1.85. The normalized spacial score (nSPS) is 10.7. The quantitative estimate of drug-likeness (QED) is 0.662. The minimum Gasteiger partial charge on any atom is -0.247 e. The van der Waals surface area contributed by atoms with Gasteiger partial charge in [-0.15, -0.1) is 0 Å². The van der Waals surface area contributed by atoms with Crippen molar-refractivity contribution in [2.45, 2.75) is 25.2 Å². The Morgan fingerprint density at radius 3 is 2.38 bits per heavy atom. The molecule has 1 nitrogen and oxygen atoms in total. The molecular formula is C11H17NS. The van der Waals surface area contributed by atoms with Crippen molar-refractivity contribution in [3.05, 3.63) is 30.3 Å². The summed E-state index contributed by atoms with van der Waals surface area (Å²) in [7, 11) is 0. The molecular weight excluding hydrogens is 178 g/mol. The van der Waals surface area contributed by atoms with Gasteiger partial charge >= 0.3 is 0 Å². The molecule has 0 fully saturated rings. The first-order valence-electron chi connectivity index (χ1n) is 4.84. The molecule has 0 spiro atoms. The van der Waals surface area contributed by atoms with E-state index >= 15 is 0 Å². The highest BCUT2D eigenvalue weighted by molar-refractivity contribution is 7.97. The smallest absolute Gasteiger partial charge is 0.0230 e. The summed E-state index contributed by atoms with van der Waals surface area (Å²) < 4.78 is 2.38. The van der Waals surface area contributed by atoms with Gasteiger partial charge in [0.25, 0.3) is 0 Å². The summed E-state index contributed by atoms with van der Waals surface area (Å²) in [6.45, 7) is 6.68. The maximum Gasteiger partial charge on any atom is 0.0230 e. The fraction of sp³-hybridized carbons (Fsp3) is 0.455. The van der Waals surface area contributed by atoms with Crippen LogP contribution in [0, 0.1) is 0 Å². The van der Waals surface area contributed by atoms with Crippen molar-refractivity contribution in [3.8, 4) is 0 Å². The SMILES string of the molecule is CCCN(CC)Sc1ccccc1. The fourth-order valence-electron chi connectivity index (χ4n) is 1.15. The fourth-order valence-corrected chi connectivity index (χ4v) is 2.13. The lowest BCUT2D eigenvalue weighted by Crippen LogP contribution is -2.15. The van der Waals surface area contributed by atoms with Crippen molar-refractivity contribution in [3.63, 3.8) is 0 Å². The van der Waals surface area contributed by atoms with E-state index in [1.54, 1.807) is 0 Å². The number of nitrogens with zero attached hydrogens (tertiary/aromatic N) is 1. The number of benzene rings is 1. The summed E-state index contributed by atoms with van der Waals surface area (Å²) in [6.07, 6.45) is 1.22. The van der Waals surface area contributed by atoms with Gasteiger partial charge in [-0.1, -0.05) is 32.0 Å². The van der Waals surface area contributed by atoms with Gasteiger partial charge in [0.1, 0.15) is 0 Å². The second kappa shape index (κ2) is 6.06.